The fourth-order valence-electron chi connectivity index (χ4n) is 5.41. The van der Waals surface area contributed by atoms with Gasteiger partial charge in [-0.3, -0.25) is 19.9 Å². The number of likely N-dealkylation sites (N-methyl/N-ethyl adjacent to an activating group) is 1. The number of nitrogens with two attached hydrogens (primary N) is 1. The zero-order chi connectivity index (χ0) is 33.0. The molecule has 1 aliphatic rings. The van der Waals surface area contributed by atoms with Gasteiger partial charge in [-0.05, 0) is 93.6 Å². The predicted octanol–water partition coefficient (Wildman–Crippen LogP) is 6.84. The number of benzene rings is 2. The molecule has 0 aliphatic carbocycles. The molecule has 6 nitrogen and oxygen atoms in total. The molecule has 1 fully saturated rings. The highest BCUT2D eigenvalue weighted by atomic mass is 19.4. The maximum atomic E-state index is 14.0. The summed E-state index contributed by atoms with van der Waals surface area (Å²) in [6, 6.07) is 6.33. The number of hydrogen-bond donors (Lipinski definition) is 2. The Morgan fingerprint density at radius 3 is 2.02 bits per heavy atom. The van der Waals surface area contributed by atoms with Crippen LogP contribution in [0.25, 0.3) is 11.1 Å². The summed E-state index contributed by atoms with van der Waals surface area (Å²) in [5.74, 6) is -1.87. The molecule has 3 N–H and O–H groups in total. The van der Waals surface area contributed by atoms with E-state index in [4.69, 9.17) is 5.73 Å². The first-order valence-electron chi connectivity index (χ1n) is 13.6. The molecule has 2 heterocycles. The molecular weight excluding hydrogens is 593 g/mol. The molecule has 0 bridgehead atoms. The fourth-order valence-corrected chi connectivity index (χ4v) is 5.41. The first kappa shape index (κ1) is 32.9. The number of pyridine rings is 1. The van der Waals surface area contributed by atoms with Crippen molar-refractivity contribution < 1.29 is 40.3 Å². The van der Waals surface area contributed by atoms with Gasteiger partial charge in [0.2, 0.25) is 11.8 Å². The summed E-state index contributed by atoms with van der Waals surface area (Å²) in [6.07, 6.45) is -7.88. The lowest BCUT2D eigenvalue weighted by Crippen LogP contribution is -2.49. The average Bonchev–Trinajstić information content (AvgIpc) is 3.34. The topological polar surface area (TPSA) is 88.3 Å². The molecule has 2 aromatic carbocycles. The van der Waals surface area contributed by atoms with Crippen LogP contribution in [-0.2, 0) is 27.4 Å². The summed E-state index contributed by atoms with van der Waals surface area (Å²) in [6.45, 7) is 5.78. The second-order valence-electron chi connectivity index (χ2n) is 11.8. The second kappa shape index (κ2) is 11.2. The van der Waals surface area contributed by atoms with Gasteiger partial charge in [-0.15, -0.1) is 0 Å². The summed E-state index contributed by atoms with van der Waals surface area (Å²) < 4.78 is 95.5. The maximum absolute atomic E-state index is 14.0. The molecule has 2 amide bonds. The number of primary amides is 1. The van der Waals surface area contributed by atoms with Gasteiger partial charge in [-0.25, -0.2) is 4.39 Å². The van der Waals surface area contributed by atoms with E-state index in [1.165, 1.54) is 45.3 Å². The van der Waals surface area contributed by atoms with Crippen molar-refractivity contribution in [1.82, 2.24) is 10.3 Å². The number of carbonyl (C=O) groups is 2. The number of nitrogens with one attached hydrogen (secondary N) is 1. The Kier molecular flexibility index (Phi) is 8.35. The monoisotopic (exact) mass is 624 g/mol. The van der Waals surface area contributed by atoms with Crippen molar-refractivity contribution in [1.29, 1.82) is 0 Å². The van der Waals surface area contributed by atoms with Crippen molar-refractivity contribution in [3.63, 3.8) is 0 Å². The highest BCUT2D eigenvalue weighted by molar-refractivity contribution is 6.03. The summed E-state index contributed by atoms with van der Waals surface area (Å²) in [7, 11) is 1.33. The number of carbonyl (C=O) groups excluding carboxylic acids is 2. The lowest BCUT2D eigenvalue weighted by Gasteiger charge is -2.32. The molecule has 0 radical (unpaired) electrons. The van der Waals surface area contributed by atoms with Crippen LogP contribution in [0.5, 0.6) is 0 Å². The molecule has 1 aromatic heterocycles. The molecule has 1 aliphatic heterocycles. The summed E-state index contributed by atoms with van der Waals surface area (Å²) in [5.41, 5.74) is 1.25. The third-order valence-corrected chi connectivity index (χ3v) is 8.22. The largest absolute Gasteiger partial charge is 0.416 e. The Balaban J connectivity index is 1.82. The van der Waals surface area contributed by atoms with Crippen LogP contribution in [0, 0.1) is 12.7 Å². The highest BCUT2D eigenvalue weighted by Crippen LogP contribution is 2.42. The van der Waals surface area contributed by atoms with Crippen LogP contribution in [-0.4, -0.2) is 29.4 Å². The first-order valence-corrected chi connectivity index (χ1v) is 13.6. The van der Waals surface area contributed by atoms with Gasteiger partial charge in [0.15, 0.2) is 0 Å². The molecule has 4 rings (SSSR count). The third-order valence-electron chi connectivity index (χ3n) is 8.22. The lowest BCUT2D eigenvalue weighted by atomic mass is 9.81. The van der Waals surface area contributed by atoms with Crippen LogP contribution in [0.4, 0.5) is 36.4 Å². The minimum absolute atomic E-state index is 0.00606. The van der Waals surface area contributed by atoms with Crippen LogP contribution in [0.2, 0.25) is 0 Å². The average molecular weight is 625 g/mol. The van der Waals surface area contributed by atoms with E-state index >= 15 is 0 Å². The van der Waals surface area contributed by atoms with E-state index in [1.54, 1.807) is 19.9 Å². The van der Waals surface area contributed by atoms with Crippen LogP contribution in [0.3, 0.4) is 0 Å². The number of amides is 2. The smallest absolute Gasteiger partial charge is 0.368 e. The van der Waals surface area contributed by atoms with Gasteiger partial charge in [0.05, 0.1) is 45.7 Å². The van der Waals surface area contributed by atoms with E-state index in [9.17, 15) is 40.3 Å². The zero-order valence-electron chi connectivity index (χ0n) is 24.5. The molecule has 13 heteroatoms. The van der Waals surface area contributed by atoms with Crippen molar-refractivity contribution in [2.75, 3.05) is 11.9 Å². The molecular formula is C31H31F7N4O2. The molecule has 44 heavy (non-hydrogen) atoms. The molecule has 0 unspecified atom stereocenters. The number of halogens is 7. The van der Waals surface area contributed by atoms with Gasteiger partial charge in [0.25, 0.3) is 0 Å². The van der Waals surface area contributed by atoms with E-state index in [0.29, 0.717) is 47.4 Å². The number of hydrogen-bond acceptors (Lipinski definition) is 4. The van der Waals surface area contributed by atoms with Crippen LogP contribution < -0.4 is 16.0 Å². The number of aromatic nitrogens is 1. The van der Waals surface area contributed by atoms with Gasteiger partial charge in [-0.1, -0.05) is 6.07 Å². The van der Waals surface area contributed by atoms with Crippen LogP contribution in [0.15, 0.2) is 48.7 Å². The Bertz CT molecular complexity index is 1590. The minimum atomic E-state index is -5.09. The number of nitrogens with zero attached hydrogens (tertiary/aromatic N) is 2. The Morgan fingerprint density at radius 1 is 0.955 bits per heavy atom. The van der Waals surface area contributed by atoms with Gasteiger partial charge < -0.3 is 10.6 Å². The van der Waals surface area contributed by atoms with Crippen LogP contribution >= 0.6 is 0 Å². The zero-order valence-corrected chi connectivity index (χ0v) is 24.5. The molecule has 1 saturated heterocycles. The van der Waals surface area contributed by atoms with Crippen molar-refractivity contribution in [2.45, 2.75) is 69.9 Å². The normalized spacial score (nSPS) is 19.2. The Labute approximate surface area is 249 Å². The third kappa shape index (κ3) is 6.28. The first-order chi connectivity index (χ1) is 20.1. The van der Waals surface area contributed by atoms with Crippen molar-refractivity contribution in [3.8, 4) is 11.1 Å². The molecule has 3 aromatic rings. The Hall–Kier alpha value is -4.00. The van der Waals surface area contributed by atoms with Gasteiger partial charge in [-0.2, -0.15) is 26.3 Å². The minimum Gasteiger partial charge on any atom is -0.368 e. The SMILES string of the molecule is Cc1cc(F)ccc1-c1cc([C@H]2CC[C@@](C)(C(N)=O)N2)ncc1N(C)C(=O)C(C)(C)c1cc(C(F)(F)F)cc(C(F)(F)F)c1. The van der Waals surface area contributed by atoms with Gasteiger partial charge in [0, 0.05) is 12.6 Å². The van der Waals surface area contributed by atoms with E-state index in [0.717, 1.165) is 4.90 Å². The summed E-state index contributed by atoms with van der Waals surface area (Å²) in [4.78, 5) is 31.5. The fraction of sp³-hybridized carbons (Fsp3) is 0.387. The van der Waals surface area contributed by atoms with E-state index in [2.05, 4.69) is 10.3 Å². The quantitative estimate of drug-likeness (QED) is 0.294. The highest BCUT2D eigenvalue weighted by Gasteiger charge is 2.42. The van der Waals surface area contributed by atoms with Crippen molar-refractivity contribution in [3.05, 3.63) is 82.4 Å². The van der Waals surface area contributed by atoms with Gasteiger partial charge >= 0.3 is 12.4 Å². The van der Waals surface area contributed by atoms with Crippen LogP contribution in [0.1, 0.15) is 67.6 Å². The maximum Gasteiger partial charge on any atom is 0.416 e. The van der Waals surface area contributed by atoms with E-state index in [-0.39, 0.29) is 11.8 Å². The Morgan fingerprint density at radius 2 is 1.52 bits per heavy atom. The van der Waals surface area contributed by atoms with Gasteiger partial charge in [0.1, 0.15) is 5.82 Å². The molecule has 0 saturated carbocycles. The lowest BCUT2D eigenvalue weighted by molar-refractivity contribution is -0.143. The number of aryl methyl sites for hydroxylation is 1. The standard InChI is InChI=1S/C31H31F7N4O2/c1-16-10-20(32)6-7-21(16)22-14-24(23-8-9-29(4,41-23)26(39)43)40-15-25(22)42(5)27(44)28(2,3)17-11-18(30(33,34)35)13-19(12-17)31(36,37)38/h6-7,10-15,23,41H,8-9H2,1-5H3,(H2,39,43)/t23-,29+/m1/s1. The molecule has 236 valence electrons. The van der Waals surface area contributed by atoms with Crippen molar-refractivity contribution >= 4 is 17.5 Å². The second-order valence-corrected chi connectivity index (χ2v) is 11.8. The number of anilines is 1. The van der Waals surface area contributed by atoms with Crippen molar-refractivity contribution in [2.24, 2.45) is 5.73 Å². The molecule has 0 spiro atoms. The van der Waals surface area contributed by atoms with E-state index < -0.39 is 63.7 Å². The predicted molar refractivity (Wildman–Crippen MR) is 150 cm³/mol. The number of alkyl halides is 6. The number of rotatable bonds is 6. The summed E-state index contributed by atoms with van der Waals surface area (Å²) >= 11 is 0. The van der Waals surface area contributed by atoms with E-state index in [1.807, 2.05) is 0 Å². The summed E-state index contributed by atoms with van der Waals surface area (Å²) in [5, 5.41) is 3.18. The molecule has 2 atom stereocenters.